The predicted molar refractivity (Wildman–Crippen MR) is 88.1 cm³/mol. The van der Waals surface area contributed by atoms with Crippen molar-refractivity contribution >= 4 is 17.4 Å². The van der Waals surface area contributed by atoms with Crippen LogP contribution in [0.4, 0.5) is 4.79 Å². The van der Waals surface area contributed by atoms with Gasteiger partial charge < -0.3 is 20.1 Å². The molecule has 0 radical (unpaired) electrons. The Kier molecular flexibility index (Phi) is 6.23. The molecule has 2 N–H and O–H groups in total. The normalized spacial score (nSPS) is 19.2. The van der Waals surface area contributed by atoms with Crippen molar-refractivity contribution in [2.24, 2.45) is 5.41 Å². The van der Waals surface area contributed by atoms with Crippen LogP contribution in [0.25, 0.3) is 0 Å². The van der Waals surface area contributed by atoms with E-state index < -0.39 is 0 Å². The zero-order valence-corrected chi connectivity index (χ0v) is 14.2. The highest BCUT2D eigenvalue weighted by Crippen LogP contribution is 2.26. The summed E-state index contributed by atoms with van der Waals surface area (Å²) in [6.07, 6.45) is 1.76. The van der Waals surface area contributed by atoms with Crippen molar-refractivity contribution < 1.29 is 14.6 Å². The summed E-state index contributed by atoms with van der Waals surface area (Å²) in [6.45, 7) is 6.69. The summed E-state index contributed by atoms with van der Waals surface area (Å²) in [5.41, 5.74) is -0.0754. The minimum atomic E-state index is -0.0754. The summed E-state index contributed by atoms with van der Waals surface area (Å²) in [5, 5.41) is 14.2. The first kappa shape index (κ1) is 17.2. The third kappa shape index (κ3) is 4.97. The number of urea groups is 1. The van der Waals surface area contributed by atoms with Crippen molar-refractivity contribution in [2.75, 3.05) is 32.8 Å². The molecule has 1 aliphatic rings. The van der Waals surface area contributed by atoms with Gasteiger partial charge in [0.25, 0.3) is 0 Å². The summed E-state index contributed by atoms with van der Waals surface area (Å²) in [5.74, 6) is 0. The lowest BCUT2D eigenvalue weighted by Crippen LogP contribution is -2.47. The molecule has 0 spiro atoms. The Morgan fingerprint density at radius 1 is 1.59 bits per heavy atom. The third-order valence-corrected chi connectivity index (χ3v) is 4.91. The van der Waals surface area contributed by atoms with E-state index in [1.807, 2.05) is 36.3 Å². The molecular formula is C16H26N2O3S. The molecule has 5 nitrogen and oxygen atoms in total. The van der Waals surface area contributed by atoms with Gasteiger partial charge in [-0.1, -0.05) is 19.9 Å². The average Bonchev–Trinajstić information content (AvgIpc) is 3.06. The highest BCUT2D eigenvalue weighted by Gasteiger charge is 2.25. The second kappa shape index (κ2) is 7.94. The number of thiophene rings is 1. The molecule has 6 heteroatoms. The lowest BCUT2D eigenvalue weighted by Gasteiger charge is -2.32. The first-order valence-electron chi connectivity index (χ1n) is 7.80. The quantitative estimate of drug-likeness (QED) is 0.790. The van der Waals surface area contributed by atoms with Crippen LogP contribution >= 0.6 is 11.3 Å². The van der Waals surface area contributed by atoms with Gasteiger partial charge in [-0.25, -0.2) is 4.79 Å². The number of hydrogen-bond acceptors (Lipinski definition) is 4. The lowest BCUT2D eigenvalue weighted by atomic mass is 9.89. The number of nitrogens with zero attached hydrogens (tertiary/aromatic N) is 1. The highest BCUT2D eigenvalue weighted by molar-refractivity contribution is 7.10. The molecule has 1 aliphatic heterocycles. The van der Waals surface area contributed by atoms with Crippen LogP contribution in [0.1, 0.15) is 37.7 Å². The maximum Gasteiger partial charge on any atom is 0.317 e. The van der Waals surface area contributed by atoms with E-state index in [0.29, 0.717) is 26.2 Å². The van der Waals surface area contributed by atoms with Crippen molar-refractivity contribution in [1.29, 1.82) is 0 Å². The van der Waals surface area contributed by atoms with Crippen LogP contribution in [-0.2, 0) is 4.74 Å². The molecule has 2 heterocycles. The largest absolute Gasteiger partial charge is 0.396 e. The first-order chi connectivity index (χ1) is 10.5. The van der Waals surface area contributed by atoms with E-state index in [1.54, 1.807) is 11.3 Å². The minimum Gasteiger partial charge on any atom is -0.396 e. The van der Waals surface area contributed by atoms with Gasteiger partial charge in [0.05, 0.1) is 13.2 Å². The Bertz CT molecular complexity index is 462. The molecule has 0 bridgehead atoms. The number of aliphatic hydroxyl groups excluding tert-OH is 1. The number of rotatable bonds is 6. The topological polar surface area (TPSA) is 61.8 Å². The van der Waals surface area contributed by atoms with Crippen LogP contribution in [0.3, 0.4) is 0 Å². The van der Waals surface area contributed by atoms with Crippen LogP contribution in [0.5, 0.6) is 0 Å². The Labute approximate surface area is 136 Å². The molecule has 1 fully saturated rings. The zero-order chi connectivity index (χ0) is 16.0. The van der Waals surface area contributed by atoms with Crippen molar-refractivity contribution in [3.05, 3.63) is 22.4 Å². The molecule has 22 heavy (non-hydrogen) atoms. The summed E-state index contributed by atoms with van der Waals surface area (Å²) >= 11 is 1.66. The molecule has 124 valence electrons. The fourth-order valence-electron chi connectivity index (χ4n) is 2.43. The van der Waals surface area contributed by atoms with Gasteiger partial charge in [0.1, 0.15) is 6.10 Å². The van der Waals surface area contributed by atoms with Crippen molar-refractivity contribution in [3.63, 3.8) is 0 Å². The van der Waals surface area contributed by atoms with Gasteiger partial charge in [-0.3, -0.25) is 0 Å². The van der Waals surface area contributed by atoms with Gasteiger partial charge in [-0.2, -0.15) is 0 Å². The molecule has 0 saturated carbocycles. The van der Waals surface area contributed by atoms with Gasteiger partial charge in [-0.05, 0) is 29.7 Å². The Balaban J connectivity index is 1.73. The Morgan fingerprint density at radius 3 is 3.09 bits per heavy atom. The van der Waals surface area contributed by atoms with Gasteiger partial charge >= 0.3 is 6.03 Å². The molecule has 0 aliphatic carbocycles. The molecule has 1 saturated heterocycles. The highest BCUT2D eigenvalue weighted by atomic mass is 32.1. The number of hydrogen-bond donors (Lipinski definition) is 2. The number of morpholine rings is 1. The predicted octanol–water partition coefficient (Wildman–Crippen LogP) is 2.63. The Hall–Kier alpha value is -1.11. The number of aliphatic hydroxyl groups is 1. The van der Waals surface area contributed by atoms with E-state index in [2.05, 4.69) is 5.32 Å². The second-order valence-electron chi connectivity index (χ2n) is 6.48. The standard InChI is InChI=1S/C16H26N2O3S/c1-16(2,12-19)6-4-7-17-15(20)18-8-9-21-13(11-18)14-5-3-10-22-14/h3,5,10,13,19H,4,6-9,11-12H2,1-2H3,(H,17,20). The fraction of sp³-hybridized carbons (Fsp3) is 0.688. The van der Waals surface area contributed by atoms with Gasteiger partial charge in [0, 0.05) is 24.6 Å². The van der Waals surface area contributed by atoms with Crippen LogP contribution < -0.4 is 5.32 Å². The summed E-state index contributed by atoms with van der Waals surface area (Å²) in [4.78, 5) is 15.2. The number of carbonyl (C=O) groups excluding carboxylic acids is 1. The van der Waals surface area contributed by atoms with Gasteiger partial charge in [-0.15, -0.1) is 11.3 Å². The van der Waals surface area contributed by atoms with Gasteiger partial charge in [0.2, 0.25) is 0 Å². The monoisotopic (exact) mass is 326 g/mol. The lowest BCUT2D eigenvalue weighted by molar-refractivity contribution is -0.0135. The van der Waals surface area contributed by atoms with Crippen LogP contribution in [-0.4, -0.2) is 48.9 Å². The molecular weight excluding hydrogens is 300 g/mol. The average molecular weight is 326 g/mol. The third-order valence-electron chi connectivity index (χ3n) is 3.95. The molecule has 2 rings (SSSR count). The summed E-state index contributed by atoms with van der Waals surface area (Å²) in [7, 11) is 0. The smallest absolute Gasteiger partial charge is 0.317 e. The second-order valence-corrected chi connectivity index (χ2v) is 7.46. The van der Waals surface area contributed by atoms with E-state index in [9.17, 15) is 9.90 Å². The molecule has 0 aromatic carbocycles. The zero-order valence-electron chi connectivity index (χ0n) is 13.4. The number of nitrogens with one attached hydrogen (secondary N) is 1. The fourth-order valence-corrected chi connectivity index (χ4v) is 3.20. The van der Waals surface area contributed by atoms with Crippen molar-refractivity contribution in [1.82, 2.24) is 10.2 Å². The van der Waals surface area contributed by atoms with E-state index in [0.717, 1.165) is 12.8 Å². The molecule has 1 aromatic rings. The van der Waals surface area contributed by atoms with Crippen molar-refractivity contribution in [2.45, 2.75) is 32.8 Å². The molecule has 1 atom stereocenters. The first-order valence-corrected chi connectivity index (χ1v) is 8.68. The molecule has 1 unspecified atom stereocenters. The van der Waals surface area contributed by atoms with Crippen molar-refractivity contribution in [3.8, 4) is 0 Å². The van der Waals surface area contributed by atoms with Crippen LogP contribution in [0.15, 0.2) is 17.5 Å². The minimum absolute atomic E-state index is 0.00665. The summed E-state index contributed by atoms with van der Waals surface area (Å²) in [6, 6.07) is 4.03. The Morgan fingerprint density at radius 2 is 2.41 bits per heavy atom. The van der Waals surface area contributed by atoms with Crippen LogP contribution in [0.2, 0.25) is 0 Å². The maximum atomic E-state index is 12.2. The molecule has 2 amide bonds. The number of carbonyl (C=O) groups is 1. The summed E-state index contributed by atoms with van der Waals surface area (Å²) < 4.78 is 5.75. The van der Waals surface area contributed by atoms with Gasteiger partial charge in [0.15, 0.2) is 0 Å². The maximum absolute atomic E-state index is 12.2. The van der Waals surface area contributed by atoms with E-state index in [4.69, 9.17) is 4.74 Å². The van der Waals surface area contributed by atoms with Crippen LogP contribution in [0, 0.1) is 5.41 Å². The van der Waals surface area contributed by atoms with E-state index in [1.165, 1.54) is 4.88 Å². The SMILES string of the molecule is CC(C)(CO)CCCNC(=O)N1CCOC(c2cccs2)C1. The van der Waals surface area contributed by atoms with E-state index >= 15 is 0 Å². The van der Waals surface area contributed by atoms with E-state index in [-0.39, 0.29) is 24.2 Å². The number of ether oxygens (including phenoxy) is 1. The molecule has 1 aromatic heterocycles. The number of amides is 2.